The van der Waals surface area contributed by atoms with E-state index in [1.165, 1.54) is 0 Å². The first kappa shape index (κ1) is 82.6. The van der Waals surface area contributed by atoms with Crippen LogP contribution in [0, 0.1) is 0 Å². The average Bonchev–Trinajstić information content (AvgIpc) is 0.777. The fourth-order valence-electron chi connectivity index (χ4n) is 12.1. The van der Waals surface area contributed by atoms with E-state index in [-0.39, 0.29) is 26.1 Å². The lowest BCUT2D eigenvalue weighted by molar-refractivity contribution is -0.360. The zero-order chi connectivity index (χ0) is 73.0. The maximum atomic E-state index is 12.8. The second kappa shape index (κ2) is 36.7. The molecule has 0 radical (unpaired) electrons. The predicted octanol–water partition coefficient (Wildman–Crippen LogP) is -13.5. The number of aliphatic hydroxyl groups excluding tert-OH is 18. The van der Waals surface area contributed by atoms with E-state index in [1.807, 2.05) is 0 Å². The SMILES string of the molecule is CC(=O)N[C@@H]1[C@@H](OCCCCCCO[C@@H]2O[C@H](CO)[C@@H](O[C@@H]3O[C@H](CO[C@@]4(C(=O)O)C[C@H](O)[C@@H](NC(C)=O)[C@H]([C@H](O)[C@H](O)CO)O4)[C@H](O)[C@H](O)[C@H]3O)[C@@H](O)[C@H]2NC(C)=O)O[C@@H](CO)[C@H](O[C@H]2O[C@@H](CO[C@@]3(C(=O)O)C[C@H](O)[C@@H](NC(C)=O)[C@H]([C@H](O)[C@H](O)CO)O3)[C@@H](O)[C@@H](O)[C@@H]2O)[C@@H]1O. The second-order valence-corrected chi connectivity index (χ2v) is 24.7. The zero-order valence-corrected chi connectivity index (χ0v) is 53.5. The minimum atomic E-state index is -2.94. The van der Waals surface area contributed by atoms with Crippen molar-refractivity contribution in [3.63, 3.8) is 0 Å². The highest BCUT2D eigenvalue weighted by Gasteiger charge is 2.60. The molecule has 0 spiro atoms. The Balaban J connectivity index is 1.02. The summed E-state index contributed by atoms with van der Waals surface area (Å²) >= 11 is 0. The van der Waals surface area contributed by atoms with Gasteiger partial charge in [0.25, 0.3) is 11.6 Å². The fraction of sp³-hybridized carbons (Fsp3) is 0.893. The molecule has 6 fully saturated rings. The minimum absolute atomic E-state index is 0.111. The number of aliphatic hydroxyl groups is 18. The molecule has 566 valence electrons. The topological polar surface area (TPSA) is 666 Å². The molecule has 6 heterocycles. The number of carboxylic acids is 2. The monoisotopic (exact) mass is 1430 g/mol. The van der Waals surface area contributed by atoms with Crippen LogP contribution in [-0.2, 0) is 85.6 Å². The Labute approximate surface area is 557 Å². The van der Waals surface area contributed by atoms with Gasteiger partial charge in [-0.15, -0.1) is 0 Å². The van der Waals surface area contributed by atoms with E-state index >= 15 is 0 Å². The van der Waals surface area contributed by atoms with Crippen LogP contribution >= 0.6 is 0 Å². The van der Waals surface area contributed by atoms with Crippen LogP contribution in [0.25, 0.3) is 0 Å². The zero-order valence-electron chi connectivity index (χ0n) is 53.5. The highest BCUT2D eigenvalue weighted by molar-refractivity contribution is 5.77. The van der Waals surface area contributed by atoms with E-state index in [1.54, 1.807) is 0 Å². The largest absolute Gasteiger partial charge is 0.477 e. The van der Waals surface area contributed by atoms with Crippen LogP contribution in [0.5, 0.6) is 0 Å². The molecule has 32 atom stereocenters. The number of carbonyl (C=O) groups excluding carboxylic acids is 4. The Morgan fingerprint density at radius 3 is 1.04 bits per heavy atom. The van der Waals surface area contributed by atoms with Gasteiger partial charge >= 0.3 is 11.9 Å². The van der Waals surface area contributed by atoms with E-state index in [2.05, 4.69) is 21.3 Å². The van der Waals surface area contributed by atoms with Crippen LogP contribution in [0.4, 0.5) is 0 Å². The number of hydrogen-bond acceptors (Lipinski definition) is 36. The van der Waals surface area contributed by atoms with E-state index in [9.17, 15) is 131 Å². The summed E-state index contributed by atoms with van der Waals surface area (Å²) in [5, 5.41) is 223. The summed E-state index contributed by atoms with van der Waals surface area (Å²) in [5.41, 5.74) is 0. The van der Waals surface area contributed by atoms with Gasteiger partial charge in [0.2, 0.25) is 23.6 Å². The van der Waals surface area contributed by atoms with E-state index in [0.717, 1.165) is 27.7 Å². The number of carbonyl (C=O) groups is 6. The summed E-state index contributed by atoms with van der Waals surface area (Å²) in [4.78, 5) is 74.4. The van der Waals surface area contributed by atoms with Crippen LogP contribution in [0.2, 0.25) is 0 Å². The molecule has 98 heavy (non-hydrogen) atoms. The summed E-state index contributed by atoms with van der Waals surface area (Å²) in [6.07, 6.45) is -50.2. The first-order valence-electron chi connectivity index (χ1n) is 31.4. The van der Waals surface area contributed by atoms with Gasteiger partial charge in [0.05, 0.1) is 63.9 Å². The first-order valence-corrected chi connectivity index (χ1v) is 31.4. The Kier molecular flexibility index (Phi) is 30.9. The Morgan fingerprint density at radius 1 is 0.429 bits per heavy atom. The number of aliphatic carboxylic acids is 2. The Hall–Kier alpha value is -4.38. The number of rotatable bonds is 33. The Bertz CT molecular complexity index is 2410. The molecule has 6 aliphatic rings. The van der Waals surface area contributed by atoms with Gasteiger partial charge in [-0.1, -0.05) is 12.8 Å². The van der Waals surface area contributed by atoms with E-state index in [0.29, 0.717) is 12.8 Å². The highest BCUT2D eigenvalue weighted by Crippen LogP contribution is 2.39. The smallest absolute Gasteiger partial charge is 0.364 e. The van der Waals surface area contributed by atoms with Crippen molar-refractivity contribution in [2.75, 3.05) is 52.9 Å². The standard InChI is InChI=1S/C56H94N4O38/c1-19(65)57-31-23(69)11-55(53(83)84,97-47(31)35(73)25(71)13-61)89-17-29-37(75)41(79)43(81)51(93-29)95-45-27(15-63)91-49(33(39(45)77)59-21(3)67)87-9-7-5-6-8-10-88-50-34(60-22(4)68)40(78)46(28(16-64)92-50)96-52-44(82)42(80)38(76)30(94-52)18-90-56(54(85)86)12-24(70)32(58-20(2)66)48(98-56)36(74)26(72)14-62/h23-52,61-64,69-82H,5-18H2,1-4H3,(H,57,65)(H,58,66)(H,59,67)(H,60,68)(H,83,84)(H,85,86)/t23-,24-,25+,26+,27-,28+,29-,30+,31+,32+,33-,34+,35+,36+,37+,38-,39+,40-,41+,42-,43-,44+,45-,46+,47+,48+,49-,50+,51+,52-,55-,56-/m0/s1. The van der Waals surface area contributed by atoms with Gasteiger partial charge in [-0.2, -0.15) is 0 Å². The van der Waals surface area contributed by atoms with Crippen molar-refractivity contribution in [1.29, 1.82) is 0 Å². The summed E-state index contributed by atoms with van der Waals surface area (Å²) in [6, 6.07) is -6.07. The molecule has 0 aromatic carbocycles. The average molecular weight is 1430 g/mol. The highest BCUT2D eigenvalue weighted by atomic mass is 16.8. The number of hydrogen-bond donors (Lipinski definition) is 24. The molecule has 6 saturated heterocycles. The molecular weight excluding hydrogens is 1340 g/mol. The van der Waals surface area contributed by atoms with Crippen LogP contribution in [0.15, 0.2) is 0 Å². The van der Waals surface area contributed by atoms with Crippen molar-refractivity contribution in [1.82, 2.24) is 21.3 Å². The van der Waals surface area contributed by atoms with Crippen molar-refractivity contribution in [2.24, 2.45) is 0 Å². The summed E-state index contributed by atoms with van der Waals surface area (Å²) in [7, 11) is 0. The van der Waals surface area contributed by atoms with Gasteiger partial charge < -0.3 is 180 Å². The predicted molar refractivity (Wildman–Crippen MR) is 309 cm³/mol. The molecule has 4 amide bonds. The molecule has 6 aliphatic heterocycles. The molecule has 0 bridgehead atoms. The Morgan fingerprint density at radius 2 is 0.745 bits per heavy atom. The molecule has 42 heteroatoms. The summed E-state index contributed by atoms with van der Waals surface area (Å²) < 4.78 is 69.1. The molecule has 24 N–H and O–H groups in total. The molecule has 0 aromatic heterocycles. The van der Waals surface area contributed by atoms with Gasteiger partial charge in [-0.25, -0.2) is 9.59 Å². The van der Waals surface area contributed by atoms with Crippen molar-refractivity contribution in [3.05, 3.63) is 0 Å². The maximum absolute atomic E-state index is 12.8. The van der Waals surface area contributed by atoms with Gasteiger partial charge in [0.15, 0.2) is 25.2 Å². The molecule has 0 unspecified atom stereocenters. The van der Waals surface area contributed by atoms with Gasteiger partial charge in [0.1, 0.15) is 134 Å². The van der Waals surface area contributed by atoms with Gasteiger partial charge in [0, 0.05) is 53.8 Å². The third-order valence-corrected chi connectivity index (χ3v) is 17.3. The lowest BCUT2D eigenvalue weighted by Crippen LogP contribution is -2.69. The van der Waals surface area contributed by atoms with Gasteiger partial charge in [-0.05, 0) is 12.8 Å². The number of carboxylic acid groups (broad SMARTS) is 2. The van der Waals surface area contributed by atoms with Gasteiger partial charge in [-0.3, -0.25) is 19.2 Å². The summed E-state index contributed by atoms with van der Waals surface area (Å²) in [6.45, 7) is -2.10. The van der Waals surface area contributed by atoms with Crippen LogP contribution in [-0.4, -0.2) is 386 Å². The van der Waals surface area contributed by atoms with E-state index in [4.69, 9.17) is 56.8 Å². The quantitative estimate of drug-likeness (QED) is 0.0271. The van der Waals surface area contributed by atoms with Crippen molar-refractivity contribution >= 4 is 35.6 Å². The third kappa shape index (κ3) is 19.9. The number of amides is 4. The summed E-state index contributed by atoms with van der Waals surface area (Å²) in [5.74, 6) is -12.7. The molecule has 0 saturated carbocycles. The maximum Gasteiger partial charge on any atom is 0.364 e. The van der Waals surface area contributed by atoms with Crippen LogP contribution in [0.1, 0.15) is 66.2 Å². The van der Waals surface area contributed by atoms with Crippen molar-refractivity contribution in [3.8, 4) is 0 Å². The first-order chi connectivity index (χ1) is 46.1. The number of ether oxygens (including phenoxy) is 12. The normalized spacial score (nSPS) is 41.2. The molecule has 0 aliphatic carbocycles. The van der Waals surface area contributed by atoms with Crippen LogP contribution < -0.4 is 21.3 Å². The van der Waals surface area contributed by atoms with Crippen LogP contribution in [0.3, 0.4) is 0 Å². The van der Waals surface area contributed by atoms with Crippen molar-refractivity contribution < 1.29 is 188 Å². The van der Waals surface area contributed by atoms with E-state index < -0.39 is 283 Å². The second-order valence-electron chi connectivity index (χ2n) is 24.7. The molecule has 0 aromatic rings. The number of unbranched alkanes of at least 4 members (excludes halogenated alkanes) is 3. The third-order valence-electron chi connectivity index (χ3n) is 17.3. The molecular formula is C56H94N4O38. The van der Waals surface area contributed by atoms with Crippen molar-refractivity contribution in [2.45, 2.75) is 261 Å². The molecule has 42 nitrogen and oxygen atoms in total. The minimum Gasteiger partial charge on any atom is -0.477 e. The fourth-order valence-corrected chi connectivity index (χ4v) is 12.1. The number of nitrogens with one attached hydrogen (secondary N) is 4. The molecule has 6 rings (SSSR count). The lowest BCUT2D eigenvalue weighted by atomic mass is 9.88. The lowest BCUT2D eigenvalue weighted by Gasteiger charge is -2.48.